The van der Waals surface area contributed by atoms with E-state index in [9.17, 15) is 13.8 Å². The molecule has 0 aliphatic heterocycles. The Labute approximate surface area is 56.0 Å². The minimum absolute atomic E-state index is 0.888. The molecule has 0 aromatic rings. The first-order chi connectivity index (χ1) is 4.45. The van der Waals surface area contributed by atoms with E-state index in [0.717, 1.165) is 0 Å². The van der Waals surface area contributed by atoms with E-state index in [4.69, 9.17) is 9.79 Å². The number of hydrogen-bond acceptors (Lipinski definition) is 3. The maximum absolute atomic E-state index is 11.3. The molecule has 7 heteroatoms. The molecule has 0 aromatic carbocycles. The van der Waals surface area contributed by atoms with Crippen LogP contribution in [0.5, 0.6) is 0 Å². The summed E-state index contributed by atoms with van der Waals surface area (Å²) in [4.78, 5) is 26.0. The Hall–Kier alpha value is -0.290. The SMILES string of the molecule is O=C(CF)COP(=O)(O)O. The van der Waals surface area contributed by atoms with Crippen LogP contribution in [0.15, 0.2) is 0 Å². The molecule has 0 aliphatic carbocycles. The molecule has 0 radical (unpaired) electrons. The lowest BCUT2D eigenvalue weighted by Crippen LogP contribution is -2.08. The highest BCUT2D eigenvalue weighted by Gasteiger charge is 2.15. The van der Waals surface area contributed by atoms with Gasteiger partial charge in [-0.2, -0.15) is 0 Å². The Morgan fingerprint density at radius 2 is 2.10 bits per heavy atom. The third-order valence-corrected chi connectivity index (χ3v) is 1.01. The summed E-state index contributed by atoms with van der Waals surface area (Å²) in [6, 6.07) is 0. The summed E-state index contributed by atoms with van der Waals surface area (Å²) in [7, 11) is -4.62. The fraction of sp³-hybridized carbons (Fsp3) is 0.667. The number of halogens is 1. The number of ketones is 1. The lowest BCUT2D eigenvalue weighted by molar-refractivity contribution is -0.122. The molecule has 0 unspecified atom stereocenters. The second-order valence-electron chi connectivity index (χ2n) is 1.44. The molecule has 2 N–H and O–H groups in total. The molecule has 10 heavy (non-hydrogen) atoms. The van der Waals surface area contributed by atoms with Crippen molar-refractivity contribution in [3.63, 3.8) is 0 Å². The molecule has 0 atom stereocenters. The largest absolute Gasteiger partial charge is 0.470 e. The zero-order valence-corrected chi connectivity index (χ0v) is 5.75. The van der Waals surface area contributed by atoms with Crippen LogP contribution in [-0.4, -0.2) is 28.9 Å². The van der Waals surface area contributed by atoms with Crippen LogP contribution < -0.4 is 0 Å². The zero-order valence-electron chi connectivity index (χ0n) is 4.86. The highest BCUT2D eigenvalue weighted by Crippen LogP contribution is 2.35. The van der Waals surface area contributed by atoms with Crippen molar-refractivity contribution in [2.24, 2.45) is 0 Å². The van der Waals surface area contributed by atoms with Crippen molar-refractivity contribution in [2.75, 3.05) is 13.3 Å². The third kappa shape index (κ3) is 5.84. The fourth-order valence-corrected chi connectivity index (χ4v) is 0.507. The molecule has 0 spiro atoms. The van der Waals surface area contributed by atoms with Crippen molar-refractivity contribution < 1.29 is 28.1 Å². The number of alkyl halides is 1. The molecular weight excluding hydrogens is 166 g/mol. The summed E-state index contributed by atoms with van der Waals surface area (Å²) >= 11 is 0. The smallest absolute Gasteiger partial charge is 0.303 e. The lowest BCUT2D eigenvalue weighted by atomic mass is 10.5. The van der Waals surface area contributed by atoms with E-state index in [0.29, 0.717) is 0 Å². The van der Waals surface area contributed by atoms with Gasteiger partial charge in [-0.25, -0.2) is 8.96 Å². The van der Waals surface area contributed by atoms with Crippen LogP contribution in [0.2, 0.25) is 0 Å². The standard InChI is InChI=1S/C3H6FO5P/c4-1-3(5)2-9-10(6,7)8/h1-2H2,(H2,6,7,8). The van der Waals surface area contributed by atoms with Crippen molar-refractivity contribution in [3.8, 4) is 0 Å². The molecule has 0 aliphatic rings. The molecule has 0 aromatic heterocycles. The van der Waals surface area contributed by atoms with Gasteiger partial charge in [0.05, 0.1) is 0 Å². The van der Waals surface area contributed by atoms with Gasteiger partial charge in [-0.15, -0.1) is 0 Å². The molecular formula is C3H6FO5P. The first kappa shape index (κ1) is 9.71. The second-order valence-corrected chi connectivity index (χ2v) is 2.68. The zero-order chi connectivity index (χ0) is 8.20. The van der Waals surface area contributed by atoms with E-state index in [2.05, 4.69) is 4.52 Å². The van der Waals surface area contributed by atoms with E-state index < -0.39 is 26.9 Å². The first-order valence-corrected chi connectivity index (χ1v) is 3.76. The van der Waals surface area contributed by atoms with Crippen molar-refractivity contribution in [1.82, 2.24) is 0 Å². The van der Waals surface area contributed by atoms with E-state index in [1.165, 1.54) is 0 Å². The Bertz CT molecular complexity index is 162. The topological polar surface area (TPSA) is 83.8 Å². The Morgan fingerprint density at radius 1 is 1.60 bits per heavy atom. The van der Waals surface area contributed by atoms with Gasteiger partial charge in [-0.05, 0) is 0 Å². The van der Waals surface area contributed by atoms with Crippen molar-refractivity contribution in [1.29, 1.82) is 0 Å². The number of rotatable bonds is 4. The molecule has 5 nitrogen and oxygen atoms in total. The van der Waals surface area contributed by atoms with Gasteiger partial charge in [-0.1, -0.05) is 0 Å². The highest BCUT2D eigenvalue weighted by atomic mass is 31.2. The van der Waals surface area contributed by atoms with Gasteiger partial charge >= 0.3 is 7.82 Å². The first-order valence-electron chi connectivity index (χ1n) is 2.23. The van der Waals surface area contributed by atoms with Crippen molar-refractivity contribution in [2.45, 2.75) is 0 Å². The van der Waals surface area contributed by atoms with Crippen LogP contribution in [0.4, 0.5) is 4.39 Å². The van der Waals surface area contributed by atoms with Crippen LogP contribution in [0.3, 0.4) is 0 Å². The number of phosphoric ester groups is 1. The molecule has 0 amide bonds. The Morgan fingerprint density at radius 3 is 2.40 bits per heavy atom. The quantitative estimate of drug-likeness (QED) is 0.565. The molecule has 0 saturated carbocycles. The maximum atomic E-state index is 11.3. The van der Waals surface area contributed by atoms with Gasteiger partial charge < -0.3 is 9.79 Å². The summed E-state index contributed by atoms with van der Waals surface area (Å²) in [6.45, 7) is -2.17. The van der Waals surface area contributed by atoms with Gasteiger partial charge in [0.1, 0.15) is 6.61 Å². The summed E-state index contributed by atoms with van der Waals surface area (Å²) in [5.41, 5.74) is 0. The molecule has 0 heterocycles. The normalized spacial score (nSPS) is 11.5. The predicted molar refractivity (Wildman–Crippen MR) is 29.0 cm³/mol. The van der Waals surface area contributed by atoms with E-state index in [1.54, 1.807) is 0 Å². The highest BCUT2D eigenvalue weighted by molar-refractivity contribution is 7.46. The van der Waals surface area contributed by atoms with Crippen molar-refractivity contribution >= 4 is 13.6 Å². The summed E-state index contributed by atoms with van der Waals surface area (Å²) in [5.74, 6) is -0.997. The van der Waals surface area contributed by atoms with Crippen LogP contribution in [0, 0.1) is 0 Å². The number of Topliss-reactive ketones (excluding diaryl/α,β-unsaturated/α-hetero) is 1. The molecule has 0 bridgehead atoms. The average molecular weight is 172 g/mol. The maximum Gasteiger partial charge on any atom is 0.470 e. The lowest BCUT2D eigenvalue weighted by Gasteiger charge is -2.00. The number of carbonyl (C=O) groups excluding carboxylic acids is 1. The third-order valence-electron chi connectivity index (χ3n) is 0.543. The number of carbonyl (C=O) groups is 1. The Kier molecular flexibility index (Phi) is 3.67. The van der Waals surface area contributed by atoms with E-state index in [-0.39, 0.29) is 0 Å². The van der Waals surface area contributed by atoms with E-state index >= 15 is 0 Å². The van der Waals surface area contributed by atoms with Gasteiger partial charge in [0.25, 0.3) is 0 Å². The summed E-state index contributed by atoms with van der Waals surface area (Å²) in [6.07, 6.45) is 0. The number of phosphoric acid groups is 1. The van der Waals surface area contributed by atoms with Gasteiger partial charge in [0, 0.05) is 0 Å². The van der Waals surface area contributed by atoms with Gasteiger partial charge in [0.2, 0.25) is 0 Å². The molecule has 0 rings (SSSR count). The average Bonchev–Trinajstić information content (AvgIpc) is 1.81. The minimum atomic E-state index is -4.62. The predicted octanol–water partition coefficient (Wildman–Crippen LogP) is -0.366. The van der Waals surface area contributed by atoms with Crippen molar-refractivity contribution in [3.05, 3.63) is 0 Å². The van der Waals surface area contributed by atoms with Crippen LogP contribution >= 0.6 is 7.82 Å². The van der Waals surface area contributed by atoms with E-state index in [1.807, 2.05) is 0 Å². The molecule has 0 fully saturated rings. The summed E-state index contributed by atoms with van der Waals surface area (Å²) in [5, 5.41) is 0. The molecule has 0 saturated heterocycles. The van der Waals surface area contributed by atoms with Crippen LogP contribution in [0.25, 0.3) is 0 Å². The fourth-order valence-electron chi connectivity index (χ4n) is 0.195. The van der Waals surface area contributed by atoms with Gasteiger partial charge in [-0.3, -0.25) is 9.32 Å². The molecule has 60 valence electrons. The second kappa shape index (κ2) is 3.78. The van der Waals surface area contributed by atoms with Gasteiger partial charge in [0.15, 0.2) is 12.5 Å². The minimum Gasteiger partial charge on any atom is -0.303 e. The van der Waals surface area contributed by atoms with Crippen LogP contribution in [-0.2, 0) is 13.9 Å². The Balaban J connectivity index is 3.56. The summed E-state index contributed by atoms with van der Waals surface area (Å²) < 4.78 is 24.8. The monoisotopic (exact) mass is 172 g/mol. The number of hydrogen-bond donors (Lipinski definition) is 2. The van der Waals surface area contributed by atoms with Crippen LogP contribution in [0.1, 0.15) is 0 Å².